The lowest BCUT2D eigenvalue weighted by molar-refractivity contribution is 0.0150. The van der Waals surface area contributed by atoms with E-state index in [0.717, 1.165) is 38.5 Å². The molecule has 0 spiro atoms. The van der Waals surface area contributed by atoms with E-state index >= 15 is 0 Å². The summed E-state index contributed by atoms with van der Waals surface area (Å²) in [6.45, 7) is 8.22. The molecule has 0 aromatic rings. The first kappa shape index (κ1) is 14.9. The summed E-state index contributed by atoms with van der Waals surface area (Å²) in [5.41, 5.74) is -0.505. The van der Waals surface area contributed by atoms with E-state index in [2.05, 4.69) is 13.8 Å². The minimum absolute atomic E-state index is 0.201. The molecule has 0 rings (SSSR count). The van der Waals surface area contributed by atoms with Gasteiger partial charge in [-0.2, -0.15) is 0 Å². The zero-order valence-electron chi connectivity index (χ0n) is 10.8. The van der Waals surface area contributed by atoms with Crippen LogP contribution in [0.4, 0.5) is 0 Å². The lowest BCUT2D eigenvalue weighted by Gasteiger charge is -2.26. The minimum Gasteiger partial charge on any atom is -0.393 e. The molecule has 2 unspecified atom stereocenters. The van der Waals surface area contributed by atoms with Gasteiger partial charge in [0.25, 0.3) is 0 Å². The zero-order chi connectivity index (χ0) is 11.9. The van der Waals surface area contributed by atoms with Crippen LogP contribution >= 0.6 is 0 Å². The monoisotopic (exact) mass is 216 g/mol. The lowest BCUT2D eigenvalue weighted by Crippen LogP contribution is -2.27. The van der Waals surface area contributed by atoms with E-state index in [-0.39, 0.29) is 6.10 Å². The first-order valence-electron chi connectivity index (χ1n) is 6.39. The van der Waals surface area contributed by atoms with Crippen molar-refractivity contribution < 1.29 is 10.2 Å². The van der Waals surface area contributed by atoms with Crippen molar-refractivity contribution in [1.29, 1.82) is 0 Å². The molecule has 0 aliphatic carbocycles. The van der Waals surface area contributed by atoms with Crippen molar-refractivity contribution in [3.05, 3.63) is 0 Å². The van der Waals surface area contributed by atoms with Gasteiger partial charge in [-0.05, 0) is 38.0 Å². The van der Waals surface area contributed by atoms with E-state index in [4.69, 9.17) is 0 Å². The van der Waals surface area contributed by atoms with Crippen LogP contribution in [0.3, 0.4) is 0 Å². The first-order chi connectivity index (χ1) is 6.99. The molecule has 0 saturated heterocycles. The van der Waals surface area contributed by atoms with Gasteiger partial charge in [-0.15, -0.1) is 0 Å². The molecule has 0 radical (unpaired) electrons. The highest BCUT2D eigenvalue weighted by atomic mass is 16.3. The Balaban J connectivity index is 3.78. The average Bonchev–Trinajstić information content (AvgIpc) is 2.27. The first-order valence-corrected chi connectivity index (χ1v) is 6.39. The Morgan fingerprint density at radius 1 is 1.13 bits per heavy atom. The zero-order valence-corrected chi connectivity index (χ0v) is 10.8. The van der Waals surface area contributed by atoms with Crippen molar-refractivity contribution in [3.8, 4) is 0 Å². The number of aliphatic hydroxyl groups excluding tert-OH is 1. The second kappa shape index (κ2) is 7.24. The van der Waals surface area contributed by atoms with Gasteiger partial charge >= 0.3 is 0 Å². The van der Waals surface area contributed by atoms with Gasteiger partial charge in [0.1, 0.15) is 0 Å². The van der Waals surface area contributed by atoms with Crippen molar-refractivity contribution in [2.45, 2.75) is 77.9 Å². The fourth-order valence-corrected chi connectivity index (χ4v) is 1.80. The van der Waals surface area contributed by atoms with Crippen LogP contribution in [-0.2, 0) is 0 Å². The molecule has 2 nitrogen and oxygen atoms in total. The highest BCUT2D eigenvalue weighted by Crippen LogP contribution is 2.23. The third-order valence-corrected chi connectivity index (χ3v) is 3.76. The largest absolute Gasteiger partial charge is 0.393 e. The topological polar surface area (TPSA) is 40.5 Å². The maximum Gasteiger partial charge on any atom is 0.0642 e. The van der Waals surface area contributed by atoms with E-state index in [1.54, 1.807) is 0 Å². The standard InChI is InChI=1S/C13H28O2/c1-5-11(4)12(14)9-8-10-13(15,6-2)7-3/h11-12,14-15H,5-10H2,1-4H3. The normalized spacial score (nSPS) is 16.4. The SMILES string of the molecule is CCC(C)C(O)CCCC(O)(CC)CC. The Morgan fingerprint density at radius 2 is 1.67 bits per heavy atom. The number of hydrogen-bond donors (Lipinski definition) is 2. The fourth-order valence-electron chi connectivity index (χ4n) is 1.80. The summed E-state index contributed by atoms with van der Waals surface area (Å²) in [6, 6.07) is 0. The highest BCUT2D eigenvalue weighted by molar-refractivity contribution is 4.75. The van der Waals surface area contributed by atoms with Crippen LogP contribution in [0.2, 0.25) is 0 Å². The van der Waals surface area contributed by atoms with Gasteiger partial charge in [0, 0.05) is 0 Å². The summed E-state index contributed by atoms with van der Waals surface area (Å²) in [4.78, 5) is 0. The van der Waals surface area contributed by atoms with Crippen molar-refractivity contribution in [3.63, 3.8) is 0 Å². The van der Waals surface area contributed by atoms with E-state index in [1.807, 2.05) is 13.8 Å². The Morgan fingerprint density at radius 3 is 2.07 bits per heavy atom. The molecule has 2 atom stereocenters. The molecule has 0 heterocycles. The van der Waals surface area contributed by atoms with Crippen molar-refractivity contribution in [1.82, 2.24) is 0 Å². The molecule has 92 valence electrons. The van der Waals surface area contributed by atoms with E-state index in [1.165, 1.54) is 0 Å². The number of hydrogen-bond acceptors (Lipinski definition) is 2. The van der Waals surface area contributed by atoms with Crippen molar-refractivity contribution in [2.24, 2.45) is 5.92 Å². The van der Waals surface area contributed by atoms with Crippen LogP contribution in [-0.4, -0.2) is 21.9 Å². The molecular formula is C13H28O2. The van der Waals surface area contributed by atoms with E-state index in [9.17, 15) is 10.2 Å². The quantitative estimate of drug-likeness (QED) is 0.654. The molecule has 15 heavy (non-hydrogen) atoms. The Kier molecular flexibility index (Phi) is 7.20. The predicted octanol–water partition coefficient (Wildman–Crippen LogP) is 3.11. The van der Waals surface area contributed by atoms with Gasteiger partial charge in [-0.3, -0.25) is 0 Å². The van der Waals surface area contributed by atoms with Crippen LogP contribution in [0.15, 0.2) is 0 Å². The summed E-state index contributed by atoms with van der Waals surface area (Å²) in [6.07, 6.45) is 4.99. The highest BCUT2D eigenvalue weighted by Gasteiger charge is 2.22. The van der Waals surface area contributed by atoms with Gasteiger partial charge in [0.05, 0.1) is 11.7 Å². The Hall–Kier alpha value is -0.0800. The molecule has 2 N–H and O–H groups in total. The van der Waals surface area contributed by atoms with Crippen LogP contribution < -0.4 is 0 Å². The summed E-state index contributed by atoms with van der Waals surface area (Å²) in [5, 5.41) is 19.8. The van der Waals surface area contributed by atoms with Crippen LogP contribution in [0.5, 0.6) is 0 Å². The molecular weight excluding hydrogens is 188 g/mol. The van der Waals surface area contributed by atoms with Crippen LogP contribution in [0.25, 0.3) is 0 Å². The fraction of sp³-hybridized carbons (Fsp3) is 1.00. The molecule has 0 aliphatic rings. The number of rotatable bonds is 8. The van der Waals surface area contributed by atoms with Gasteiger partial charge in [0.2, 0.25) is 0 Å². The van der Waals surface area contributed by atoms with Crippen LogP contribution in [0, 0.1) is 5.92 Å². The summed E-state index contributed by atoms with van der Waals surface area (Å²) in [7, 11) is 0. The molecule has 0 amide bonds. The maximum atomic E-state index is 10.1. The third-order valence-electron chi connectivity index (χ3n) is 3.76. The second-order valence-corrected chi connectivity index (χ2v) is 4.78. The predicted molar refractivity (Wildman–Crippen MR) is 64.8 cm³/mol. The van der Waals surface area contributed by atoms with Crippen molar-refractivity contribution >= 4 is 0 Å². The minimum atomic E-state index is -0.505. The Labute approximate surface area is 94.7 Å². The molecule has 2 heteroatoms. The maximum absolute atomic E-state index is 10.1. The molecule has 0 aromatic heterocycles. The summed E-state index contributed by atoms with van der Waals surface area (Å²) >= 11 is 0. The van der Waals surface area contributed by atoms with Crippen LogP contribution in [0.1, 0.15) is 66.2 Å². The molecule has 0 aromatic carbocycles. The van der Waals surface area contributed by atoms with Gasteiger partial charge in [-0.25, -0.2) is 0 Å². The molecule has 0 saturated carbocycles. The van der Waals surface area contributed by atoms with Gasteiger partial charge in [-0.1, -0.05) is 34.1 Å². The smallest absolute Gasteiger partial charge is 0.0642 e. The van der Waals surface area contributed by atoms with E-state index in [0.29, 0.717) is 5.92 Å². The molecule has 0 aliphatic heterocycles. The van der Waals surface area contributed by atoms with E-state index < -0.39 is 5.60 Å². The Bertz CT molecular complexity index is 153. The molecule has 0 fully saturated rings. The second-order valence-electron chi connectivity index (χ2n) is 4.78. The van der Waals surface area contributed by atoms with Gasteiger partial charge in [0.15, 0.2) is 0 Å². The number of aliphatic hydroxyl groups is 2. The average molecular weight is 216 g/mol. The lowest BCUT2D eigenvalue weighted by atomic mass is 9.89. The van der Waals surface area contributed by atoms with Crippen molar-refractivity contribution in [2.75, 3.05) is 0 Å². The van der Waals surface area contributed by atoms with Gasteiger partial charge < -0.3 is 10.2 Å². The summed E-state index contributed by atoms with van der Waals surface area (Å²) < 4.78 is 0. The third kappa shape index (κ3) is 5.53. The molecule has 0 bridgehead atoms. The summed E-state index contributed by atoms with van der Waals surface area (Å²) in [5.74, 6) is 0.376.